The van der Waals surface area contributed by atoms with E-state index < -0.39 is 5.97 Å². The fraction of sp³-hybridized carbons (Fsp3) is 0.222. The average Bonchev–Trinajstić information content (AvgIpc) is 2.95. The van der Waals surface area contributed by atoms with E-state index in [2.05, 4.69) is 26.3 Å². The second-order valence-electron chi connectivity index (χ2n) is 5.68. The van der Waals surface area contributed by atoms with Crippen LogP contribution < -0.4 is 5.32 Å². The van der Waals surface area contributed by atoms with Crippen molar-refractivity contribution < 1.29 is 9.53 Å². The summed E-state index contributed by atoms with van der Waals surface area (Å²) < 4.78 is 4.75. The molecular formula is C18H18N4O2S. The second-order valence-corrected chi connectivity index (χ2v) is 6.89. The number of ether oxygens (including phenoxy) is 1. The summed E-state index contributed by atoms with van der Waals surface area (Å²) in [5.41, 5.74) is 4.24. The second kappa shape index (κ2) is 6.98. The Morgan fingerprint density at radius 1 is 1.12 bits per heavy atom. The predicted molar refractivity (Wildman–Crippen MR) is 98.4 cm³/mol. The molecule has 3 aromatic rings. The number of aryl methyl sites for hydroxylation is 3. The van der Waals surface area contributed by atoms with Crippen molar-refractivity contribution in [1.29, 1.82) is 0 Å². The molecule has 0 amide bonds. The predicted octanol–water partition coefficient (Wildman–Crippen LogP) is 4.06. The Balaban J connectivity index is 1.90. The van der Waals surface area contributed by atoms with Crippen molar-refractivity contribution in [2.75, 3.05) is 12.4 Å². The molecule has 0 aliphatic carbocycles. The minimum absolute atomic E-state index is 0.324. The first-order valence-electron chi connectivity index (χ1n) is 7.71. The topological polar surface area (TPSA) is 77.0 Å². The van der Waals surface area contributed by atoms with Crippen molar-refractivity contribution in [3.63, 3.8) is 0 Å². The van der Waals surface area contributed by atoms with E-state index in [4.69, 9.17) is 4.74 Å². The van der Waals surface area contributed by atoms with Gasteiger partial charge in [-0.3, -0.25) is 0 Å². The summed E-state index contributed by atoms with van der Waals surface area (Å²) in [5, 5.41) is 3.87. The Morgan fingerprint density at radius 2 is 1.84 bits per heavy atom. The lowest BCUT2D eigenvalue weighted by molar-refractivity contribution is 0.0594. The Hall–Kier alpha value is -2.80. The molecule has 0 fully saturated rings. The van der Waals surface area contributed by atoms with Crippen LogP contribution in [0.2, 0.25) is 0 Å². The third-order valence-electron chi connectivity index (χ3n) is 3.53. The van der Waals surface area contributed by atoms with Crippen LogP contribution in [0.3, 0.4) is 0 Å². The third-order valence-corrected chi connectivity index (χ3v) is 4.52. The van der Waals surface area contributed by atoms with Crippen molar-refractivity contribution >= 4 is 28.9 Å². The Labute approximate surface area is 149 Å². The molecule has 25 heavy (non-hydrogen) atoms. The molecule has 1 N–H and O–H groups in total. The van der Waals surface area contributed by atoms with Gasteiger partial charge >= 0.3 is 5.97 Å². The number of nitrogens with zero attached hydrogens (tertiary/aromatic N) is 3. The SMILES string of the molecule is COC(=O)c1nc(-c2ccnc(Nc3cc(C)cc(C)c3)n2)sc1C. The van der Waals surface area contributed by atoms with Crippen LogP contribution in [0.5, 0.6) is 0 Å². The zero-order chi connectivity index (χ0) is 18.0. The van der Waals surface area contributed by atoms with Crippen molar-refractivity contribution in [3.05, 3.63) is 52.2 Å². The van der Waals surface area contributed by atoms with E-state index in [0.29, 0.717) is 22.3 Å². The van der Waals surface area contributed by atoms with E-state index >= 15 is 0 Å². The number of hydrogen-bond donors (Lipinski definition) is 1. The van der Waals surface area contributed by atoms with E-state index in [1.165, 1.54) is 18.4 Å². The lowest BCUT2D eigenvalue weighted by Gasteiger charge is -2.07. The van der Waals surface area contributed by atoms with E-state index in [9.17, 15) is 4.79 Å². The molecule has 0 aliphatic rings. The number of anilines is 2. The zero-order valence-corrected chi connectivity index (χ0v) is 15.3. The van der Waals surface area contributed by atoms with Crippen molar-refractivity contribution in [2.24, 2.45) is 0 Å². The number of aromatic nitrogens is 3. The molecule has 0 radical (unpaired) electrons. The number of carbonyl (C=O) groups is 1. The highest BCUT2D eigenvalue weighted by Crippen LogP contribution is 2.27. The average molecular weight is 354 g/mol. The van der Waals surface area contributed by atoms with Crippen LogP contribution in [0, 0.1) is 20.8 Å². The molecule has 2 heterocycles. The third kappa shape index (κ3) is 3.83. The molecule has 0 bridgehead atoms. The number of thiazole rings is 1. The summed E-state index contributed by atoms with van der Waals surface area (Å²) in [6, 6.07) is 7.94. The summed E-state index contributed by atoms with van der Waals surface area (Å²) >= 11 is 1.40. The first-order chi connectivity index (χ1) is 12.0. The monoisotopic (exact) mass is 354 g/mol. The van der Waals surface area contributed by atoms with Crippen molar-refractivity contribution in [1.82, 2.24) is 15.0 Å². The summed E-state index contributed by atoms with van der Waals surface area (Å²) in [6.07, 6.45) is 1.67. The number of rotatable bonds is 4. The number of carbonyl (C=O) groups excluding carboxylic acids is 1. The van der Waals surface area contributed by atoms with E-state index in [0.717, 1.165) is 21.7 Å². The van der Waals surface area contributed by atoms with Crippen LogP contribution in [-0.4, -0.2) is 28.0 Å². The van der Waals surface area contributed by atoms with Crippen LogP contribution in [0.1, 0.15) is 26.5 Å². The molecule has 128 valence electrons. The van der Waals surface area contributed by atoms with Gasteiger partial charge in [0, 0.05) is 16.8 Å². The number of nitrogens with one attached hydrogen (secondary N) is 1. The maximum Gasteiger partial charge on any atom is 0.357 e. The highest BCUT2D eigenvalue weighted by molar-refractivity contribution is 7.15. The van der Waals surface area contributed by atoms with Crippen LogP contribution in [-0.2, 0) is 4.74 Å². The molecule has 0 saturated carbocycles. The minimum Gasteiger partial charge on any atom is -0.464 e. The van der Waals surface area contributed by atoms with Gasteiger partial charge in [0.2, 0.25) is 5.95 Å². The van der Waals surface area contributed by atoms with Crippen LogP contribution in [0.15, 0.2) is 30.5 Å². The summed E-state index contributed by atoms with van der Waals surface area (Å²) in [7, 11) is 1.34. The van der Waals surface area contributed by atoms with Gasteiger partial charge in [-0.25, -0.2) is 19.7 Å². The van der Waals surface area contributed by atoms with Gasteiger partial charge in [0.25, 0.3) is 0 Å². The molecule has 1 aromatic carbocycles. The fourth-order valence-corrected chi connectivity index (χ4v) is 3.38. The Kier molecular flexibility index (Phi) is 4.76. The number of esters is 1. The maximum atomic E-state index is 11.7. The van der Waals surface area contributed by atoms with Gasteiger partial charge in [-0.2, -0.15) is 0 Å². The van der Waals surface area contributed by atoms with Gasteiger partial charge in [-0.05, 0) is 50.1 Å². The lowest BCUT2D eigenvalue weighted by Crippen LogP contribution is -2.03. The smallest absolute Gasteiger partial charge is 0.357 e. The van der Waals surface area contributed by atoms with Crippen LogP contribution in [0.4, 0.5) is 11.6 Å². The van der Waals surface area contributed by atoms with Gasteiger partial charge in [-0.1, -0.05) is 6.07 Å². The van der Waals surface area contributed by atoms with Gasteiger partial charge < -0.3 is 10.1 Å². The van der Waals surface area contributed by atoms with Crippen LogP contribution in [0.25, 0.3) is 10.7 Å². The highest BCUT2D eigenvalue weighted by atomic mass is 32.1. The van der Waals surface area contributed by atoms with Gasteiger partial charge in [-0.15, -0.1) is 11.3 Å². The number of hydrogen-bond acceptors (Lipinski definition) is 7. The van der Waals surface area contributed by atoms with Crippen LogP contribution >= 0.6 is 11.3 Å². The van der Waals surface area contributed by atoms with Crippen molar-refractivity contribution in [2.45, 2.75) is 20.8 Å². The summed E-state index contributed by atoms with van der Waals surface area (Å²) in [4.78, 5) is 25.7. The summed E-state index contributed by atoms with van der Waals surface area (Å²) in [5.74, 6) is 0.0395. The first-order valence-corrected chi connectivity index (χ1v) is 8.52. The zero-order valence-electron chi connectivity index (χ0n) is 14.5. The molecular weight excluding hydrogens is 336 g/mol. The maximum absolute atomic E-state index is 11.7. The van der Waals surface area contributed by atoms with Gasteiger partial charge in [0.05, 0.1) is 7.11 Å². The molecule has 0 saturated heterocycles. The standard InChI is InChI=1S/C18H18N4O2S/c1-10-7-11(2)9-13(8-10)20-18-19-6-5-14(21-18)16-22-15(12(3)25-16)17(23)24-4/h5-9H,1-4H3,(H,19,20,21). The van der Waals surface area contributed by atoms with E-state index in [1.807, 2.05) is 32.9 Å². The molecule has 3 rings (SSSR count). The number of benzene rings is 1. The summed E-state index contributed by atoms with van der Waals surface area (Å²) in [6.45, 7) is 5.92. The highest BCUT2D eigenvalue weighted by Gasteiger charge is 2.17. The fourth-order valence-electron chi connectivity index (χ4n) is 2.51. The Bertz CT molecular complexity index is 916. The van der Waals surface area contributed by atoms with Gasteiger partial charge in [0.15, 0.2) is 5.69 Å². The molecule has 2 aromatic heterocycles. The Morgan fingerprint density at radius 3 is 2.52 bits per heavy atom. The molecule has 6 nitrogen and oxygen atoms in total. The van der Waals surface area contributed by atoms with Crippen molar-refractivity contribution in [3.8, 4) is 10.7 Å². The number of methoxy groups -OCH3 is 1. The largest absolute Gasteiger partial charge is 0.464 e. The first kappa shape index (κ1) is 17.0. The van der Waals surface area contributed by atoms with E-state index in [1.54, 1.807) is 12.3 Å². The molecule has 0 atom stereocenters. The molecule has 7 heteroatoms. The molecule has 0 aliphatic heterocycles. The normalized spacial score (nSPS) is 10.6. The van der Waals surface area contributed by atoms with Gasteiger partial charge in [0.1, 0.15) is 10.7 Å². The quantitative estimate of drug-likeness (QED) is 0.712. The molecule has 0 unspecified atom stereocenters. The van der Waals surface area contributed by atoms with E-state index in [-0.39, 0.29) is 0 Å². The lowest BCUT2D eigenvalue weighted by atomic mass is 10.1. The minimum atomic E-state index is -0.442. The molecule has 0 spiro atoms.